The second-order valence-electron chi connectivity index (χ2n) is 6.34. The Balaban J connectivity index is 1.54. The number of halogens is 1. The molecule has 2 aromatic rings. The molecule has 2 aromatic carbocycles. The first kappa shape index (κ1) is 17.5. The van der Waals surface area contributed by atoms with Crippen LogP contribution in [0.25, 0.3) is 0 Å². The van der Waals surface area contributed by atoms with Crippen molar-refractivity contribution in [2.75, 3.05) is 18.9 Å². The summed E-state index contributed by atoms with van der Waals surface area (Å²) in [5.41, 5.74) is 3.81. The van der Waals surface area contributed by atoms with Crippen LogP contribution in [-0.4, -0.2) is 24.4 Å². The van der Waals surface area contributed by atoms with Crippen molar-refractivity contribution in [1.29, 1.82) is 5.26 Å². The number of hydrogen-bond donors (Lipinski definition) is 1. The molecule has 25 heavy (non-hydrogen) atoms. The number of carbonyl (C=O) groups is 1. The van der Waals surface area contributed by atoms with E-state index < -0.39 is 0 Å². The van der Waals surface area contributed by atoms with Gasteiger partial charge in [0.25, 0.3) is 0 Å². The van der Waals surface area contributed by atoms with Gasteiger partial charge in [0, 0.05) is 24.7 Å². The van der Waals surface area contributed by atoms with E-state index in [2.05, 4.69) is 41.5 Å². The minimum Gasteiger partial charge on any atom is -0.326 e. The predicted octanol–water partition coefficient (Wildman–Crippen LogP) is 4.16. The molecular weight excluding hydrogens is 334 g/mol. The lowest BCUT2D eigenvalue weighted by molar-refractivity contribution is -0.116. The molecule has 0 fully saturated rings. The van der Waals surface area contributed by atoms with Gasteiger partial charge in [-0.05, 0) is 49.2 Å². The zero-order valence-corrected chi connectivity index (χ0v) is 14.9. The third-order valence-electron chi connectivity index (χ3n) is 4.70. The largest absolute Gasteiger partial charge is 0.326 e. The maximum Gasteiger partial charge on any atom is 0.225 e. The van der Waals surface area contributed by atoms with E-state index in [-0.39, 0.29) is 5.91 Å². The van der Waals surface area contributed by atoms with Crippen LogP contribution in [0.4, 0.5) is 5.69 Å². The van der Waals surface area contributed by atoms with E-state index >= 15 is 0 Å². The normalized spacial score (nSPS) is 15.7. The summed E-state index contributed by atoms with van der Waals surface area (Å²) in [6.45, 7) is 0.689. The third kappa shape index (κ3) is 4.01. The fourth-order valence-corrected chi connectivity index (χ4v) is 3.56. The standard InChI is InChI=1S/C20H20ClN3O/c1-24(19-9-7-14-4-2-3-5-17(14)19)11-10-20(25)23-16-8-6-15(13-22)18(21)12-16/h2-6,8,12,19H,7,9-11H2,1H3,(H,23,25). The monoisotopic (exact) mass is 353 g/mol. The van der Waals surface area contributed by atoms with Gasteiger partial charge in [0.05, 0.1) is 10.6 Å². The van der Waals surface area contributed by atoms with Crippen molar-refractivity contribution >= 4 is 23.2 Å². The summed E-state index contributed by atoms with van der Waals surface area (Å²) in [7, 11) is 2.07. The minimum absolute atomic E-state index is 0.0566. The molecule has 0 bridgehead atoms. The number of carbonyl (C=O) groups excluding carboxylic acids is 1. The summed E-state index contributed by atoms with van der Waals surface area (Å²) >= 11 is 5.99. The van der Waals surface area contributed by atoms with Gasteiger partial charge in [-0.1, -0.05) is 35.9 Å². The third-order valence-corrected chi connectivity index (χ3v) is 5.01. The molecule has 0 heterocycles. The first-order chi connectivity index (χ1) is 12.1. The highest BCUT2D eigenvalue weighted by atomic mass is 35.5. The molecule has 1 atom stereocenters. The zero-order chi connectivity index (χ0) is 17.8. The fourth-order valence-electron chi connectivity index (χ4n) is 3.33. The average Bonchev–Trinajstić information content (AvgIpc) is 3.04. The summed E-state index contributed by atoms with van der Waals surface area (Å²) < 4.78 is 0. The smallest absolute Gasteiger partial charge is 0.225 e. The molecule has 0 spiro atoms. The van der Waals surface area contributed by atoms with Crippen molar-refractivity contribution in [1.82, 2.24) is 4.90 Å². The summed E-state index contributed by atoms with van der Waals surface area (Å²) in [4.78, 5) is 14.4. The first-order valence-electron chi connectivity index (χ1n) is 8.36. The van der Waals surface area contributed by atoms with E-state index in [0.29, 0.717) is 35.3 Å². The lowest BCUT2D eigenvalue weighted by atomic mass is 10.1. The number of rotatable bonds is 5. The SMILES string of the molecule is CN(CCC(=O)Nc1ccc(C#N)c(Cl)c1)C1CCc2ccccc21. The van der Waals surface area contributed by atoms with E-state index in [1.54, 1.807) is 18.2 Å². The summed E-state index contributed by atoms with van der Waals surface area (Å²) in [6, 6.07) is 15.8. The molecule has 1 amide bonds. The van der Waals surface area contributed by atoms with Gasteiger partial charge < -0.3 is 5.32 Å². The quantitative estimate of drug-likeness (QED) is 0.878. The van der Waals surface area contributed by atoms with Crippen LogP contribution < -0.4 is 5.32 Å². The van der Waals surface area contributed by atoms with Crippen LogP contribution in [0, 0.1) is 11.3 Å². The van der Waals surface area contributed by atoms with Crippen LogP contribution in [0.3, 0.4) is 0 Å². The zero-order valence-electron chi connectivity index (χ0n) is 14.1. The number of nitriles is 1. The number of nitrogens with zero attached hydrogens (tertiary/aromatic N) is 2. The Morgan fingerprint density at radius 2 is 2.16 bits per heavy atom. The number of amides is 1. The van der Waals surface area contributed by atoms with E-state index in [9.17, 15) is 4.79 Å². The van der Waals surface area contributed by atoms with Crippen molar-refractivity contribution in [2.45, 2.75) is 25.3 Å². The summed E-state index contributed by atoms with van der Waals surface area (Å²) in [5.74, 6) is -0.0566. The Morgan fingerprint density at radius 3 is 2.92 bits per heavy atom. The Bertz CT molecular complexity index is 828. The molecule has 0 radical (unpaired) electrons. The Hall–Kier alpha value is -2.35. The first-order valence-corrected chi connectivity index (χ1v) is 8.74. The number of nitrogens with one attached hydrogen (secondary N) is 1. The Morgan fingerprint density at radius 1 is 1.36 bits per heavy atom. The Kier molecular flexibility index (Phi) is 5.37. The van der Waals surface area contributed by atoms with Gasteiger partial charge >= 0.3 is 0 Å². The van der Waals surface area contributed by atoms with Gasteiger partial charge in [0.2, 0.25) is 5.91 Å². The van der Waals surface area contributed by atoms with Crippen molar-refractivity contribution in [3.05, 3.63) is 64.2 Å². The average molecular weight is 354 g/mol. The summed E-state index contributed by atoms with van der Waals surface area (Å²) in [5, 5.41) is 12.1. The van der Waals surface area contributed by atoms with E-state index in [4.69, 9.17) is 16.9 Å². The summed E-state index contributed by atoms with van der Waals surface area (Å²) in [6.07, 6.45) is 2.61. The highest BCUT2D eigenvalue weighted by Gasteiger charge is 2.25. The fraction of sp³-hybridized carbons (Fsp3) is 0.300. The van der Waals surface area contributed by atoms with Crippen molar-refractivity contribution in [3.8, 4) is 6.07 Å². The molecule has 5 heteroatoms. The number of hydrogen-bond acceptors (Lipinski definition) is 3. The van der Waals surface area contributed by atoms with Crippen LogP contribution in [0.2, 0.25) is 5.02 Å². The van der Waals surface area contributed by atoms with E-state index in [1.165, 1.54) is 11.1 Å². The van der Waals surface area contributed by atoms with Crippen molar-refractivity contribution in [2.24, 2.45) is 0 Å². The van der Waals surface area contributed by atoms with Gasteiger partial charge in [-0.15, -0.1) is 0 Å². The van der Waals surface area contributed by atoms with Crippen LogP contribution in [0.1, 0.15) is 35.6 Å². The molecule has 1 N–H and O–H groups in total. The van der Waals surface area contributed by atoms with Gasteiger partial charge in [-0.3, -0.25) is 9.69 Å². The lowest BCUT2D eigenvalue weighted by Gasteiger charge is -2.25. The van der Waals surface area contributed by atoms with Gasteiger partial charge in [-0.25, -0.2) is 0 Å². The van der Waals surface area contributed by atoms with Gasteiger partial charge in [0.15, 0.2) is 0 Å². The predicted molar refractivity (Wildman–Crippen MR) is 99.5 cm³/mol. The van der Waals surface area contributed by atoms with Crippen LogP contribution in [0.5, 0.6) is 0 Å². The maximum atomic E-state index is 12.2. The van der Waals surface area contributed by atoms with Gasteiger partial charge in [0.1, 0.15) is 6.07 Å². The molecule has 0 saturated heterocycles. The molecule has 0 saturated carbocycles. The molecular formula is C20H20ClN3O. The molecule has 0 aliphatic heterocycles. The molecule has 4 nitrogen and oxygen atoms in total. The van der Waals surface area contributed by atoms with Crippen molar-refractivity contribution < 1.29 is 4.79 Å². The topological polar surface area (TPSA) is 56.1 Å². The minimum atomic E-state index is -0.0566. The lowest BCUT2D eigenvalue weighted by Crippen LogP contribution is -2.27. The number of fused-ring (bicyclic) bond motifs is 1. The van der Waals surface area contributed by atoms with Crippen molar-refractivity contribution in [3.63, 3.8) is 0 Å². The number of anilines is 1. The number of benzene rings is 2. The van der Waals surface area contributed by atoms with Crippen LogP contribution >= 0.6 is 11.6 Å². The second kappa shape index (κ2) is 7.69. The Labute approximate surface area is 153 Å². The maximum absolute atomic E-state index is 12.2. The molecule has 1 aliphatic carbocycles. The van der Waals surface area contributed by atoms with Crippen LogP contribution in [-0.2, 0) is 11.2 Å². The van der Waals surface area contributed by atoms with Gasteiger partial charge in [-0.2, -0.15) is 5.26 Å². The van der Waals surface area contributed by atoms with E-state index in [1.807, 2.05) is 6.07 Å². The highest BCUT2D eigenvalue weighted by Crippen LogP contribution is 2.34. The molecule has 3 rings (SSSR count). The highest BCUT2D eigenvalue weighted by molar-refractivity contribution is 6.32. The number of aryl methyl sites for hydroxylation is 1. The van der Waals surface area contributed by atoms with Crippen LogP contribution in [0.15, 0.2) is 42.5 Å². The molecule has 0 aromatic heterocycles. The van der Waals surface area contributed by atoms with E-state index in [0.717, 1.165) is 12.8 Å². The molecule has 1 unspecified atom stereocenters. The molecule has 128 valence electrons. The second-order valence-corrected chi connectivity index (χ2v) is 6.75. The molecule has 1 aliphatic rings.